The fourth-order valence-electron chi connectivity index (χ4n) is 1.84. The molecule has 0 fully saturated rings. The molecule has 0 bridgehead atoms. The van der Waals surface area contributed by atoms with E-state index in [1.807, 2.05) is 24.3 Å². The molecule has 0 saturated carbocycles. The first kappa shape index (κ1) is 9.69. The molecule has 3 rings (SSSR count). The normalized spacial score (nSPS) is 14.1. The van der Waals surface area contributed by atoms with Crippen LogP contribution in [0.15, 0.2) is 24.3 Å². The molecule has 2 N–H and O–H groups in total. The zero-order valence-electron chi connectivity index (χ0n) is 8.48. The van der Waals surface area contributed by atoms with E-state index in [0.29, 0.717) is 24.1 Å². The van der Waals surface area contributed by atoms with Gasteiger partial charge in [-0.05, 0) is 18.2 Å². The molecule has 5 heteroatoms. The van der Waals surface area contributed by atoms with Gasteiger partial charge in [0.1, 0.15) is 5.82 Å². The third kappa shape index (κ3) is 1.38. The van der Waals surface area contributed by atoms with Crippen molar-refractivity contribution in [3.63, 3.8) is 0 Å². The minimum Gasteiger partial charge on any atom is -0.383 e. The van der Waals surface area contributed by atoms with E-state index < -0.39 is 0 Å². The summed E-state index contributed by atoms with van der Waals surface area (Å²) in [4.78, 5) is 0. The van der Waals surface area contributed by atoms with Crippen molar-refractivity contribution in [2.75, 3.05) is 5.73 Å². The van der Waals surface area contributed by atoms with Crippen molar-refractivity contribution in [2.45, 2.75) is 13.2 Å². The van der Waals surface area contributed by atoms with Crippen LogP contribution in [0.5, 0.6) is 0 Å². The van der Waals surface area contributed by atoms with E-state index in [1.54, 1.807) is 4.68 Å². The maximum atomic E-state index is 6.01. The Labute approximate surface area is 97.6 Å². The third-order valence-corrected chi connectivity index (χ3v) is 2.88. The van der Waals surface area contributed by atoms with E-state index in [4.69, 9.17) is 22.1 Å². The van der Waals surface area contributed by atoms with E-state index in [1.165, 1.54) is 0 Å². The Morgan fingerprint density at radius 1 is 1.38 bits per heavy atom. The van der Waals surface area contributed by atoms with Gasteiger partial charge in [-0.3, -0.25) is 0 Å². The van der Waals surface area contributed by atoms with Crippen molar-refractivity contribution in [3.05, 3.63) is 40.5 Å². The van der Waals surface area contributed by atoms with Gasteiger partial charge in [-0.1, -0.05) is 17.7 Å². The molecule has 0 spiro atoms. The molecular weight excluding hydrogens is 226 g/mol. The number of hydrogen-bond acceptors (Lipinski definition) is 3. The predicted molar refractivity (Wildman–Crippen MR) is 61.5 cm³/mol. The highest BCUT2D eigenvalue weighted by Crippen LogP contribution is 2.27. The topological polar surface area (TPSA) is 53.1 Å². The fraction of sp³-hybridized carbons (Fsp3) is 0.182. The zero-order chi connectivity index (χ0) is 11.1. The van der Waals surface area contributed by atoms with Gasteiger partial charge in [0.15, 0.2) is 0 Å². The highest BCUT2D eigenvalue weighted by atomic mass is 35.5. The summed E-state index contributed by atoms with van der Waals surface area (Å²) in [5, 5.41) is 5.08. The molecule has 2 heterocycles. The van der Waals surface area contributed by atoms with Crippen LogP contribution >= 0.6 is 11.6 Å². The summed E-state index contributed by atoms with van der Waals surface area (Å²) >= 11 is 5.93. The number of anilines is 1. The molecule has 16 heavy (non-hydrogen) atoms. The van der Waals surface area contributed by atoms with Gasteiger partial charge in [-0.15, -0.1) is 0 Å². The quantitative estimate of drug-likeness (QED) is 0.824. The predicted octanol–water partition coefficient (Wildman–Crippen LogP) is 2.14. The van der Waals surface area contributed by atoms with Crippen molar-refractivity contribution in [1.29, 1.82) is 0 Å². The largest absolute Gasteiger partial charge is 0.383 e. The Morgan fingerprint density at radius 2 is 2.25 bits per heavy atom. The molecular formula is C11H10ClN3O. The lowest BCUT2D eigenvalue weighted by molar-refractivity contribution is 0.131. The van der Waals surface area contributed by atoms with Crippen molar-refractivity contribution >= 4 is 17.4 Å². The van der Waals surface area contributed by atoms with Gasteiger partial charge < -0.3 is 10.5 Å². The van der Waals surface area contributed by atoms with E-state index in [-0.39, 0.29) is 0 Å². The summed E-state index contributed by atoms with van der Waals surface area (Å²) in [6.45, 7) is 1.08. The van der Waals surface area contributed by atoms with E-state index in [2.05, 4.69) is 5.10 Å². The van der Waals surface area contributed by atoms with Crippen LogP contribution in [0.25, 0.3) is 5.69 Å². The third-order valence-electron chi connectivity index (χ3n) is 2.64. The molecule has 4 nitrogen and oxygen atoms in total. The highest BCUT2D eigenvalue weighted by molar-refractivity contribution is 6.30. The number of rotatable bonds is 1. The summed E-state index contributed by atoms with van der Waals surface area (Å²) in [5.74, 6) is 0.634. The van der Waals surface area contributed by atoms with Crippen LogP contribution in [0, 0.1) is 0 Å². The molecule has 0 aliphatic carbocycles. The van der Waals surface area contributed by atoms with Gasteiger partial charge >= 0.3 is 0 Å². The standard InChI is InChI=1S/C11H10ClN3O/c12-7-2-1-3-8(4-7)15-11(13)9-5-16-6-10(9)14-15/h1-4H,5-6,13H2. The Morgan fingerprint density at radius 3 is 3.00 bits per heavy atom. The van der Waals surface area contributed by atoms with E-state index >= 15 is 0 Å². The number of fused-ring (bicyclic) bond motifs is 1. The second-order valence-corrected chi connectivity index (χ2v) is 4.13. The average molecular weight is 236 g/mol. The van der Waals surface area contributed by atoms with Crippen molar-refractivity contribution < 1.29 is 4.74 Å². The summed E-state index contributed by atoms with van der Waals surface area (Å²) in [6.07, 6.45) is 0. The van der Waals surface area contributed by atoms with Gasteiger partial charge in [-0.2, -0.15) is 5.10 Å². The average Bonchev–Trinajstić information content (AvgIpc) is 2.82. The molecule has 0 amide bonds. The molecule has 1 aliphatic rings. The first-order valence-corrected chi connectivity index (χ1v) is 5.33. The van der Waals surface area contributed by atoms with Gasteiger partial charge in [0.05, 0.1) is 24.6 Å². The first-order valence-electron chi connectivity index (χ1n) is 4.95. The summed E-state index contributed by atoms with van der Waals surface area (Å²) in [5.41, 5.74) is 8.79. The molecule has 0 unspecified atom stereocenters. The Bertz CT molecular complexity index is 550. The first-order chi connectivity index (χ1) is 7.75. The fourth-order valence-corrected chi connectivity index (χ4v) is 2.02. The molecule has 0 atom stereocenters. The zero-order valence-corrected chi connectivity index (χ0v) is 9.24. The number of hydrogen-bond donors (Lipinski definition) is 1. The Hall–Kier alpha value is -1.52. The second kappa shape index (κ2) is 3.50. The monoisotopic (exact) mass is 235 g/mol. The maximum Gasteiger partial charge on any atom is 0.133 e. The lowest BCUT2D eigenvalue weighted by Gasteiger charge is -2.05. The number of halogens is 1. The summed E-state index contributed by atoms with van der Waals surface area (Å²) in [7, 11) is 0. The summed E-state index contributed by atoms with van der Waals surface area (Å²) < 4.78 is 6.98. The molecule has 1 aliphatic heterocycles. The van der Waals surface area contributed by atoms with Gasteiger partial charge in [0.2, 0.25) is 0 Å². The number of aromatic nitrogens is 2. The second-order valence-electron chi connectivity index (χ2n) is 3.69. The van der Waals surface area contributed by atoms with Crippen LogP contribution in [0.1, 0.15) is 11.3 Å². The molecule has 2 aromatic rings. The van der Waals surface area contributed by atoms with Gasteiger partial charge in [-0.25, -0.2) is 4.68 Å². The molecule has 82 valence electrons. The van der Waals surface area contributed by atoms with Crippen LogP contribution < -0.4 is 5.73 Å². The van der Waals surface area contributed by atoms with Crippen LogP contribution in [0.3, 0.4) is 0 Å². The number of nitrogen functional groups attached to an aromatic ring is 1. The lowest BCUT2D eigenvalue weighted by Crippen LogP contribution is -2.03. The summed E-state index contributed by atoms with van der Waals surface area (Å²) in [6, 6.07) is 7.45. The van der Waals surface area contributed by atoms with Gasteiger partial charge in [0, 0.05) is 10.6 Å². The SMILES string of the molecule is Nc1c2c(nn1-c1cccc(Cl)c1)COC2. The van der Waals surface area contributed by atoms with Crippen molar-refractivity contribution in [3.8, 4) is 5.69 Å². The minimum absolute atomic E-state index is 0.535. The van der Waals surface area contributed by atoms with E-state index in [0.717, 1.165) is 16.9 Å². The van der Waals surface area contributed by atoms with Crippen LogP contribution in [-0.4, -0.2) is 9.78 Å². The van der Waals surface area contributed by atoms with Crippen LogP contribution in [0.2, 0.25) is 5.02 Å². The molecule has 1 aromatic carbocycles. The van der Waals surface area contributed by atoms with Crippen LogP contribution in [-0.2, 0) is 18.0 Å². The maximum absolute atomic E-state index is 6.01. The Balaban J connectivity index is 2.14. The molecule has 0 radical (unpaired) electrons. The smallest absolute Gasteiger partial charge is 0.133 e. The number of nitrogens with two attached hydrogens (primary N) is 1. The molecule has 1 aromatic heterocycles. The van der Waals surface area contributed by atoms with Crippen molar-refractivity contribution in [2.24, 2.45) is 0 Å². The number of benzene rings is 1. The highest BCUT2D eigenvalue weighted by Gasteiger charge is 2.21. The number of ether oxygens (including phenoxy) is 1. The van der Waals surface area contributed by atoms with Crippen LogP contribution in [0.4, 0.5) is 5.82 Å². The van der Waals surface area contributed by atoms with Crippen molar-refractivity contribution in [1.82, 2.24) is 9.78 Å². The van der Waals surface area contributed by atoms with E-state index in [9.17, 15) is 0 Å². The number of nitrogens with zero attached hydrogens (tertiary/aromatic N) is 2. The minimum atomic E-state index is 0.535. The Kier molecular flexibility index (Phi) is 2.12. The lowest BCUT2D eigenvalue weighted by atomic mass is 10.3. The molecule has 0 saturated heterocycles. The van der Waals surface area contributed by atoms with Gasteiger partial charge in [0.25, 0.3) is 0 Å².